The van der Waals surface area contributed by atoms with E-state index in [1.54, 1.807) is 39.5 Å². The molecule has 0 aliphatic rings. The van der Waals surface area contributed by atoms with E-state index in [4.69, 9.17) is 26.4 Å². The van der Waals surface area contributed by atoms with Crippen LogP contribution in [-0.2, 0) is 17.7 Å². The molecule has 9 heteroatoms. The van der Waals surface area contributed by atoms with E-state index in [1.807, 2.05) is 18.2 Å². The van der Waals surface area contributed by atoms with E-state index >= 15 is 0 Å². The van der Waals surface area contributed by atoms with Gasteiger partial charge >= 0.3 is 0 Å². The summed E-state index contributed by atoms with van der Waals surface area (Å²) < 4.78 is 17.3. The number of H-pyrrole nitrogens is 1. The fraction of sp³-hybridized carbons (Fsp3) is 0.318. The van der Waals surface area contributed by atoms with Crippen molar-refractivity contribution in [3.8, 4) is 11.5 Å². The number of hydrogen-bond acceptors (Lipinski definition) is 6. The highest BCUT2D eigenvalue weighted by Gasteiger charge is 2.11. The number of benzene rings is 2. The maximum absolute atomic E-state index is 13.0. The Hall–Kier alpha value is -3.17. The number of rotatable bonds is 9. The molecule has 0 saturated heterocycles. The molecule has 0 fully saturated rings. The molecule has 2 aromatic carbocycles. The van der Waals surface area contributed by atoms with Gasteiger partial charge in [0.05, 0.1) is 31.7 Å². The number of amides is 1. The topological polar surface area (TPSA) is 94.6 Å². The van der Waals surface area contributed by atoms with Crippen LogP contribution in [0.25, 0.3) is 10.9 Å². The molecule has 0 spiro atoms. The van der Waals surface area contributed by atoms with Gasteiger partial charge in [0, 0.05) is 25.8 Å². The third kappa shape index (κ3) is 5.12. The van der Waals surface area contributed by atoms with Gasteiger partial charge < -0.3 is 24.5 Å². The highest BCUT2D eigenvalue weighted by atomic mass is 32.1. The van der Waals surface area contributed by atoms with Crippen LogP contribution in [0.5, 0.6) is 11.5 Å². The molecular weight excluding hydrogens is 418 g/mol. The quantitative estimate of drug-likeness (QED) is 0.390. The summed E-state index contributed by atoms with van der Waals surface area (Å²) in [5.74, 6) is 1.04. The van der Waals surface area contributed by atoms with Crippen molar-refractivity contribution in [2.75, 3.05) is 34.5 Å². The molecule has 0 atom stereocenters. The zero-order chi connectivity index (χ0) is 22.4. The van der Waals surface area contributed by atoms with Crippen molar-refractivity contribution in [3.05, 3.63) is 62.6 Å². The molecule has 164 valence electrons. The molecule has 0 aliphatic carbocycles. The first kappa shape index (κ1) is 22.5. The van der Waals surface area contributed by atoms with Crippen molar-refractivity contribution < 1.29 is 19.0 Å². The Bertz CT molecular complexity index is 1200. The normalized spacial score (nSPS) is 10.8. The maximum Gasteiger partial charge on any atom is 0.262 e. The van der Waals surface area contributed by atoms with Crippen LogP contribution in [0.2, 0.25) is 0 Å². The maximum atomic E-state index is 13.0. The number of carbonyl (C=O) groups is 1. The van der Waals surface area contributed by atoms with Crippen molar-refractivity contribution in [2.24, 2.45) is 0 Å². The molecule has 3 rings (SSSR count). The number of carbonyl (C=O) groups excluding carboxylic acids is 1. The summed E-state index contributed by atoms with van der Waals surface area (Å²) in [6.45, 7) is 1.23. The van der Waals surface area contributed by atoms with E-state index < -0.39 is 0 Å². The van der Waals surface area contributed by atoms with Crippen LogP contribution in [0.1, 0.15) is 15.9 Å². The lowest BCUT2D eigenvalue weighted by Gasteiger charge is -2.11. The number of nitrogens with zero attached hydrogens (tertiary/aromatic N) is 1. The summed E-state index contributed by atoms with van der Waals surface area (Å²) in [4.78, 5) is 28.3. The second kappa shape index (κ2) is 10.2. The monoisotopic (exact) mass is 443 g/mol. The first-order valence-electron chi connectivity index (χ1n) is 9.73. The largest absolute Gasteiger partial charge is 0.493 e. The molecule has 3 aromatic rings. The van der Waals surface area contributed by atoms with Crippen LogP contribution in [0, 0.1) is 4.77 Å². The summed E-state index contributed by atoms with van der Waals surface area (Å²) in [6.07, 6.45) is 0.587. The first-order chi connectivity index (χ1) is 15.0. The van der Waals surface area contributed by atoms with E-state index in [9.17, 15) is 9.59 Å². The van der Waals surface area contributed by atoms with E-state index in [1.165, 1.54) is 4.57 Å². The zero-order valence-electron chi connectivity index (χ0n) is 17.7. The predicted octanol–water partition coefficient (Wildman–Crippen LogP) is 2.70. The van der Waals surface area contributed by atoms with Crippen LogP contribution in [0.3, 0.4) is 0 Å². The third-order valence-corrected chi connectivity index (χ3v) is 5.23. The Morgan fingerprint density at radius 1 is 1.10 bits per heavy atom. The van der Waals surface area contributed by atoms with Crippen LogP contribution >= 0.6 is 12.2 Å². The molecule has 8 nitrogen and oxygen atoms in total. The molecule has 0 saturated carbocycles. The van der Waals surface area contributed by atoms with Gasteiger partial charge in [0.1, 0.15) is 0 Å². The van der Waals surface area contributed by atoms with Gasteiger partial charge in [-0.3, -0.25) is 14.2 Å². The number of methoxy groups -OCH3 is 3. The molecule has 1 aromatic heterocycles. The van der Waals surface area contributed by atoms with E-state index in [0.29, 0.717) is 58.9 Å². The van der Waals surface area contributed by atoms with Crippen LogP contribution in [0.15, 0.2) is 41.2 Å². The molecule has 0 radical (unpaired) electrons. The fourth-order valence-electron chi connectivity index (χ4n) is 3.24. The smallest absolute Gasteiger partial charge is 0.262 e. The molecule has 0 bridgehead atoms. The number of hydrogen-bond donors (Lipinski definition) is 2. The fourth-order valence-corrected chi connectivity index (χ4v) is 3.53. The van der Waals surface area contributed by atoms with Crippen molar-refractivity contribution in [2.45, 2.75) is 13.0 Å². The molecule has 0 unspecified atom stereocenters. The van der Waals surface area contributed by atoms with Crippen LogP contribution in [-0.4, -0.2) is 49.9 Å². The van der Waals surface area contributed by atoms with E-state index in [-0.39, 0.29) is 11.5 Å². The van der Waals surface area contributed by atoms with Crippen LogP contribution < -0.4 is 20.3 Å². The number of nitrogens with one attached hydrogen (secondary N) is 2. The molecule has 2 N–H and O–H groups in total. The number of aromatic amines is 1. The summed E-state index contributed by atoms with van der Waals surface area (Å²) in [5, 5.41) is 3.22. The van der Waals surface area contributed by atoms with Crippen molar-refractivity contribution >= 4 is 29.0 Å². The zero-order valence-corrected chi connectivity index (χ0v) is 18.5. The SMILES string of the molecule is COCCNC(=O)c1ccc2c(=O)n(CCc3ccc(OC)c(OC)c3)c(=S)[nH]c2c1. The van der Waals surface area contributed by atoms with Gasteiger partial charge in [-0.1, -0.05) is 6.07 Å². The lowest BCUT2D eigenvalue weighted by molar-refractivity contribution is 0.0937. The number of fused-ring (bicyclic) bond motifs is 1. The lowest BCUT2D eigenvalue weighted by atomic mass is 10.1. The molecule has 31 heavy (non-hydrogen) atoms. The molecule has 0 aliphatic heterocycles. The number of aromatic nitrogens is 2. The minimum absolute atomic E-state index is 0.203. The second-order valence-electron chi connectivity index (χ2n) is 6.84. The average Bonchev–Trinajstić information content (AvgIpc) is 2.78. The van der Waals surface area contributed by atoms with Gasteiger partial charge in [-0.25, -0.2) is 0 Å². The predicted molar refractivity (Wildman–Crippen MR) is 121 cm³/mol. The van der Waals surface area contributed by atoms with Crippen molar-refractivity contribution in [1.82, 2.24) is 14.9 Å². The Morgan fingerprint density at radius 2 is 1.87 bits per heavy atom. The number of aryl methyl sites for hydroxylation is 1. The summed E-state index contributed by atoms with van der Waals surface area (Å²) in [6, 6.07) is 10.5. The summed E-state index contributed by atoms with van der Waals surface area (Å²) in [5.41, 5.74) is 1.75. The van der Waals surface area contributed by atoms with Crippen molar-refractivity contribution in [1.29, 1.82) is 0 Å². The van der Waals surface area contributed by atoms with Gasteiger partial charge in [0.15, 0.2) is 16.3 Å². The molecule has 1 heterocycles. The lowest BCUT2D eigenvalue weighted by Crippen LogP contribution is -2.27. The highest BCUT2D eigenvalue weighted by Crippen LogP contribution is 2.27. The minimum Gasteiger partial charge on any atom is -0.493 e. The van der Waals surface area contributed by atoms with Gasteiger partial charge in [-0.15, -0.1) is 0 Å². The minimum atomic E-state index is -0.240. The molecular formula is C22H25N3O5S. The Balaban J connectivity index is 1.84. The second-order valence-corrected chi connectivity index (χ2v) is 7.22. The van der Waals surface area contributed by atoms with Gasteiger partial charge in [0.25, 0.3) is 11.5 Å². The van der Waals surface area contributed by atoms with Crippen molar-refractivity contribution in [3.63, 3.8) is 0 Å². The van der Waals surface area contributed by atoms with E-state index in [2.05, 4.69) is 10.3 Å². The highest BCUT2D eigenvalue weighted by molar-refractivity contribution is 7.71. The third-order valence-electron chi connectivity index (χ3n) is 4.91. The standard InChI is InChI=1S/C22H25N3O5S/c1-28-11-9-23-20(26)15-5-6-16-17(13-15)24-22(31)25(21(16)27)10-8-14-4-7-18(29-2)19(12-14)30-3/h4-7,12-13H,8-11H2,1-3H3,(H,23,26)(H,24,31). The number of ether oxygens (including phenoxy) is 3. The van der Waals surface area contributed by atoms with Gasteiger partial charge in [-0.2, -0.15) is 0 Å². The molecule has 1 amide bonds. The summed E-state index contributed by atoms with van der Waals surface area (Å²) >= 11 is 5.41. The van der Waals surface area contributed by atoms with Gasteiger partial charge in [-0.05, 0) is 54.5 Å². The Labute approximate surface area is 184 Å². The average molecular weight is 444 g/mol. The van der Waals surface area contributed by atoms with Gasteiger partial charge in [0.2, 0.25) is 0 Å². The Morgan fingerprint density at radius 3 is 2.58 bits per heavy atom. The first-order valence-corrected chi connectivity index (χ1v) is 10.1. The Kier molecular flexibility index (Phi) is 7.43. The summed E-state index contributed by atoms with van der Waals surface area (Å²) in [7, 11) is 4.73. The van der Waals surface area contributed by atoms with Crippen LogP contribution in [0.4, 0.5) is 0 Å². The van der Waals surface area contributed by atoms with E-state index in [0.717, 1.165) is 5.56 Å².